The summed E-state index contributed by atoms with van der Waals surface area (Å²) in [7, 11) is -6.00. The average molecular weight is 213 g/mol. The summed E-state index contributed by atoms with van der Waals surface area (Å²) >= 11 is 0. The molecule has 1 rings (SSSR count). The van der Waals surface area contributed by atoms with Gasteiger partial charge in [-0.3, -0.25) is 0 Å². The SMILES string of the molecule is F[B-](F)(F)F.NC(=O)N=C1CCCC1. The van der Waals surface area contributed by atoms with Crippen LogP contribution in [-0.4, -0.2) is 19.0 Å². The van der Waals surface area contributed by atoms with Gasteiger partial charge in [-0.2, -0.15) is 0 Å². The molecule has 14 heavy (non-hydrogen) atoms. The van der Waals surface area contributed by atoms with E-state index in [0.29, 0.717) is 0 Å². The first-order chi connectivity index (χ1) is 6.29. The van der Waals surface area contributed by atoms with Crippen molar-refractivity contribution in [3.8, 4) is 0 Å². The lowest BCUT2D eigenvalue weighted by Crippen LogP contribution is -2.07. The van der Waals surface area contributed by atoms with Crippen molar-refractivity contribution >= 4 is 19.0 Å². The van der Waals surface area contributed by atoms with Crippen LogP contribution in [0.5, 0.6) is 0 Å². The highest BCUT2D eigenvalue weighted by atomic mass is 19.5. The number of urea groups is 1. The van der Waals surface area contributed by atoms with Gasteiger partial charge in [-0.15, -0.1) is 0 Å². The van der Waals surface area contributed by atoms with Crippen LogP contribution in [0, 0.1) is 0 Å². The highest BCUT2D eigenvalue weighted by Gasteiger charge is 2.20. The number of hydrogen-bond donors (Lipinski definition) is 1. The van der Waals surface area contributed by atoms with Crippen molar-refractivity contribution < 1.29 is 22.1 Å². The smallest absolute Gasteiger partial charge is 0.418 e. The topological polar surface area (TPSA) is 55.5 Å². The Hall–Kier alpha value is -1.08. The van der Waals surface area contributed by atoms with Crippen LogP contribution in [0.3, 0.4) is 0 Å². The van der Waals surface area contributed by atoms with E-state index in [1.54, 1.807) is 0 Å². The second-order valence-electron chi connectivity index (χ2n) is 2.72. The molecule has 0 radical (unpaired) electrons. The number of hydrogen-bond acceptors (Lipinski definition) is 1. The number of amides is 2. The predicted octanol–water partition coefficient (Wildman–Crippen LogP) is 2.38. The average Bonchev–Trinajstić information content (AvgIpc) is 2.33. The molecule has 0 heterocycles. The van der Waals surface area contributed by atoms with Crippen molar-refractivity contribution in [2.24, 2.45) is 10.7 Å². The van der Waals surface area contributed by atoms with Gasteiger partial charge >= 0.3 is 13.3 Å². The number of carbonyl (C=O) groups is 1. The maximum absolute atomic E-state index is 10.2. The van der Waals surface area contributed by atoms with Gasteiger partial charge in [0.25, 0.3) is 0 Å². The lowest BCUT2D eigenvalue weighted by atomic mass is 10.3. The van der Waals surface area contributed by atoms with Gasteiger partial charge in [-0.1, -0.05) is 0 Å². The molecule has 1 aliphatic rings. The maximum atomic E-state index is 10.2. The molecule has 0 saturated heterocycles. The lowest BCUT2D eigenvalue weighted by molar-refractivity contribution is 0.256. The van der Waals surface area contributed by atoms with E-state index < -0.39 is 13.3 Å². The van der Waals surface area contributed by atoms with E-state index in [9.17, 15) is 22.1 Å². The van der Waals surface area contributed by atoms with Crippen molar-refractivity contribution in [3.05, 3.63) is 0 Å². The lowest BCUT2D eigenvalue weighted by Gasteiger charge is -1.94. The fourth-order valence-corrected chi connectivity index (χ4v) is 1.05. The molecule has 0 spiro atoms. The molecule has 1 aliphatic carbocycles. The van der Waals surface area contributed by atoms with Crippen LogP contribution in [0.25, 0.3) is 0 Å². The normalized spacial score (nSPS) is 15.9. The van der Waals surface area contributed by atoms with Crippen LogP contribution < -0.4 is 5.73 Å². The summed E-state index contributed by atoms with van der Waals surface area (Å²) < 4.78 is 39.0. The van der Waals surface area contributed by atoms with E-state index in [1.807, 2.05) is 0 Å². The quantitative estimate of drug-likeness (QED) is 0.487. The van der Waals surface area contributed by atoms with Crippen molar-refractivity contribution in [3.63, 3.8) is 0 Å². The number of aliphatic imine (C=N–C) groups is 1. The fourth-order valence-electron chi connectivity index (χ4n) is 1.05. The number of halogens is 4. The Morgan fingerprint density at radius 2 is 1.57 bits per heavy atom. The highest BCUT2D eigenvalue weighted by molar-refractivity contribution is 6.50. The zero-order valence-electron chi connectivity index (χ0n) is 7.35. The Bertz CT molecular complexity index is 214. The van der Waals surface area contributed by atoms with Gasteiger partial charge in [-0.05, 0) is 25.7 Å². The Balaban J connectivity index is 0.000000292. The summed E-state index contributed by atoms with van der Waals surface area (Å²) in [4.78, 5) is 13.8. The minimum absolute atomic E-state index is 0.549. The third-order valence-electron chi connectivity index (χ3n) is 1.45. The summed E-state index contributed by atoms with van der Waals surface area (Å²) in [6.07, 6.45) is 4.24. The van der Waals surface area contributed by atoms with E-state index in [-0.39, 0.29) is 0 Å². The van der Waals surface area contributed by atoms with E-state index in [0.717, 1.165) is 31.4 Å². The largest absolute Gasteiger partial charge is 0.673 e. The van der Waals surface area contributed by atoms with Crippen molar-refractivity contribution in [1.82, 2.24) is 0 Å². The second kappa shape index (κ2) is 5.61. The highest BCUT2D eigenvalue weighted by Crippen LogP contribution is 2.14. The standard InChI is InChI=1S/C6H10N2O.BF4/c7-6(9)8-5-3-1-2-4-5;2-1(3,4)5/h1-4H2,(H2,7,9);/q;-1. The number of primary amides is 1. The maximum Gasteiger partial charge on any atom is 0.673 e. The zero-order valence-corrected chi connectivity index (χ0v) is 7.35. The van der Waals surface area contributed by atoms with Gasteiger partial charge in [0.15, 0.2) is 0 Å². The van der Waals surface area contributed by atoms with E-state index >= 15 is 0 Å². The first-order valence-corrected chi connectivity index (χ1v) is 4.02. The summed E-state index contributed by atoms with van der Waals surface area (Å²) in [5, 5.41) is 0. The molecular weight excluding hydrogens is 203 g/mol. The number of nitrogens with zero attached hydrogens (tertiary/aromatic N) is 1. The van der Waals surface area contributed by atoms with Crippen molar-refractivity contribution in [2.45, 2.75) is 25.7 Å². The van der Waals surface area contributed by atoms with Crippen LogP contribution in [-0.2, 0) is 0 Å². The number of carbonyl (C=O) groups excluding carboxylic acids is 1. The minimum atomic E-state index is -6.00. The molecule has 0 unspecified atom stereocenters. The van der Waals surface area contributed by atoms with Gasteiger partial charge in [0.1, 0.15) is 0 Å². The Kier molecular flexibility index (Phi) is 5.18. The third kappa shape index (κ3) is 10.9. The predicted molar refractivity (Wildman–Crippen MR) is 45.7 cm³/mol. The molecule has 8 heteroatoms. The molecule has 0 aromatic rings. The minimum Gasteiger partial charge on any atom is -0.418 e. The zero-order chi connectivity index (χ0) is 11.2. The molecule has 0 atom stereocenters. The molecule has 2 amide bonds. The molecule has 1 fully saturated rings. The molecule has 2 N–H and O–H groups in total. The van der Waals surface area contributed by atoms with Crippen LogP contribution in [0.1, 0.15) is 25.7 Å². The summed E-state index contributed by atoms with van der Waals surface area (Å²) in [6.45, 7) is 0. The Morgan fingerprint density at radius 1 is 1.21 bits per heavy atom. The summed E-state index contributed by atoms with van der Waals surface area (Å²) in [5.41, 5.74) is 5.82. The monoisotopic (exact) mass is 213 g/mol. The van der Waals surface area contributed by atoms with Gasteiger partial charge in [0.2, 0.25) is 0 Å². The molecule has 82 valence electrons. The number of rotatable bonds is 0. The Morgan fingerprint density at radius 3 is 1.86 bits per heavy atom. The van der Waals surface area contributed by atoms with E-state index in [2.05, 4.69) is 4.99 Å². The first kappa shape index (κ1) is 12.9. The van der Waals surface area contributed by atoms with Gasteiger partial charge < -0.3 is 23.0 Å². The molecule has 0 aromatic heterocycles. The molecule has 1 saturated carbocycles. The molecule has 0 aromatic carbocycles. The Labute approximate surface area is 78.5 Å². The fraction of sp³-hybridized carbons (Fsp3) is 0.667. The van der Waals surface area contributed by atoms with Crippen LogP contribution in [0.2, 0.25) is 0 Å². The molecule has 3 nitrogen and oxygen atoms in total. The van der Waals surface area contributed by atoms with Gasteiger partial charge in [0, 0.05) is 5.71 Å². The number of nitrogens with two attached hydrogens (primary N) is 1. The third-order valence-corrected chi connectivity index (χ3v) is 1.45. The summed E-state index contributed by atoms with van der Waals surface area (Å²) in [6, 6.07) is -0.549. The van der Waals surface area contributed by atoms with Crippen LogP contribution in [0.15, 0.2) is 4.99 Å². The van der Waals surface area contributed by atoms with Gasteiger partial charge in [0.05, 0.1) is 0 Å². The van der Waals surface area contributed by atoms with E-state index in [1.165, 1.54) is 0 Å². The van der Waals surface area contributed by atoms with Crippen LogP contribution in [0.4, 0.5) is 22.1 Å². The second-order valence-corrected chi connectivity index (χ2v) is 2.72. The van der Waals surface area contributed by atoms with Crippen molar-refractivity contribution in [1.29, 1.82) is 0 Å². The molecule has 0 aliphatic heterocycles. The first-order valence-electron chi connectivity index (χ1n) is 4.02. The molecular formula is C6H10BF4N2O-. The van der Waals surface area contributed by atoms with Crippen molar-refractivity contribution in [2.75, 3.05) is 0 Å². The van der Waals surface area contributed by atoms with Crippen LogP contribution >= 0.6 is 0 Å². The van der Waals surface area contributed by atoms with E-state index in [4.69, 9.17) is 5.73 Å². The molecule has 0 bridgehead atoms. The van der Waals surface area contributed by atoms with Gasteiger partial charge in [-0.25, -0.2) is 9.79 Å². The summed E-state index contributed by atoms with van der Waals surface area (Å²) in [5.74, 6) is 0.